The standard InChI is InChI=1S/C15H10N4O/c1-19-15(20)17-13-11-7-4-8-16-12(11)9-5-2-3-6-10(9)14(13)18-19/h2-8H,1H3. The maximum Gasteiger partial charge on any atom is 0.364 e. The topological polar surface area (TPSA) is 60.7 Å². The minimum Gasteiger partial charge on any atom is -0.256 e. The van der Waals surface area contributed by atoms with Gasteiger partial charge in [0.05, 0.1) is 5.52 Å². The molecular weight excluding hydrogens is 252 g/mol. The summed E-state index contributed by atoms with van der Waals surface area (Å²) in [5.41, 5.74) is 1.81. The summed E-state index contributed by atoms with van der Waals surface area (Å²) in [4.78, 5) is 20.4. The fourth-order valence-corrected chi connectivity index (χ4v) is 2.54. The van der Waals surface area contributed by atoms with E-state index >= 15 is 0 Å². The number of fused-ring (bicyclic) bond motifs is 6. The number of hydrogen-bond donors (Lipinski definition) is 0. The minimum absolute atomic E-state index is 0.363. The number of aryl methyl sites for hydroxylation is 1. The van der Waals surface area contributed by atoms with Crippen LogP contribution in [-0.4, -0.2) is 19.7 Å². The molecule has 0 radical (unpaired) electrons. The summed E-state index contributed by atoms with van der Waals surface area (Å²) in [5, 5.41) is 7.19. The van der Waals surface area contributed by atoms with Crippen LogP contribution in [0.3, 0.4) is 0 Å². The van der Waals surface area contributed by atoms with E-state index in [9.17, 15) is 4.79 Å². The molecule has 5 nitrogen and oxygen atoms in total. The zero-order chi connectivity index (χ0) is 13.7. The first-order valence-electron chi connectivity index (χ1n) is 6.26. The van der Waals surface area contributed by atoms with Crippen LogP contribution >= 0.6 is 0 Å². The molecule has 0 saturated carbocycles. The van der Waals surface area contributed by atoms with Crippen molar-refractivity contribution < 1.29 is 0 Å². The van der Waals surface area contributed by atoms with Gasteiger partial charge in [-0.1, -0.05) is 24.3 Å². The van der Waals surface area contributed by atoms with E-state index in [1.54, 1.807) is 13.2 Å². The molecule has 2 aromatic carbocycles. The number of pyridine rings is 1. The summed E-state index contributed by atoms with van der Waals surface area (Å²) >= 11 is 0. The molecule has 0 aliphatic carbocycles. The quantitative estimate of drug-likeness (QED) is 0.455. The molecule has 0 atom stereocenters. The lowest BCUT2D eigenvalue weighted by atomic mass is 10.0. The van der Waals surface area contributed by atoms with Crippen molar-refractivity contribution in [1.29, 1.82) is 0 Å². The molecule has 2 aromatic heterocycles. The maximum absolute atomic E-state index is 11.8. The Morgan fingerprint density at radius 3 is 2.40 bits per heavy atom. The Hall–Kier alpha value is -2.82. The highest BCUT2D eigenvalue weighted by molar-refractivity contribution is 6.21. The zero-order valence-corrected chi connectivity index (χ0v) is 10.7. The van der Waals surface area contributed by atoms with E-state index in [0.717, 1.165) is 27.2 Å². The smallest absolute Gasteiger partial charge is 0.256 e. The molecule has 0 spiro atoms. The summed E-state index contributed by atoms with van der Waals surface area (Å²) in [6.45, 7) is 0. The molecule has 4 aromatic rings. The second kappa shape index (κ2) is 3.84. The normalized spacial score (nSPS) is 11.4. The molecule has 0 unspecified atom stereocenters. The summed E-state index contributed by atoms with van der Waals surface area (Å²) in [6.07, 6.45) is 1.75. The molecule has 0 aliphatic heterocycles. The lowest BCUT2D eigenvalue weighted by Crippen LogP contribution is -2.22. The third-order valence-corrected chi connectivity index (χ3v) is 3.46. The van der Waals surface area contributed by atoms with Crippen LogP contribution in [0.2, 0.25) is 0 Å². The fraction of sp³-hybridized carbons (Fsp3) is 0.0667. The van der Waals surface area contributed by atoms with Crippen LogP contribution < -0.4 is 5.69 Å². The van der Waals surface area contributed by atoms with Crippen molar-refractivity contribution in [1.82, 2.24) is 19.7 Å². The predicted molar refractivity (Wildman–Crippen MR) is 77.6 cm³/mol. The molecule has 2 heterocycles. The predicted octanol–water partition coefficient (Wildman–Crippen LogP) is 2.03. The summed E-state index contributed by atoms with van der Waals surface area (Å²) in [5.74, 6) is 0. The highest BCUT2D eigenvalue weighted by atomic mass is 16.1. The molecule has 0 bridgehead atoms. The van der Waals surface area contributed by atoms with Crippen molar-refractivity contribution in [3.8, 4) is 0 Å². The second-order valence-electron chi connectivity index (χ2n) is 4.66. The van der Waals surface area contributed by atoms with Gasteiger partial charge >= 0.3 is 5.69 Å². The number of nitrogens with zero attached hydrogens (tertiary/aromatic N) is 4. The highest BCUT2D eigenvalue weighted by Crippen LogP contribution is 2.30. The third kappa shape index (κ3) is 1.37. The Bertz CT molecular complexity index is 1040. The van der Waals surface area contributed by atoms with E-state index < -0.39 is 0 Å². The van der Waals surface area contributed by atoms with E-state index in [1.165, 1.54) is 4.68 Å². The summed E-state index contributed by atoms with van der Waals surface area (Å²) < 4.78 is 1.26. The summed E-state index contributed by atoms with van der Waals surface area (Å²) in [6, 6.07) is 11.7. The molecule has 0 aliphatic rings. The van der Waals surface area contributed by atoms with Gasteiger partial charge in [0.15, 0.2) is 0 Å². The molecule has 96 valence electrons. The molecule has 0 amide bonds. The van der Waals surface area contributed by atoms with Gasteiger partial charge < -0.3 is 0 Å². The Morgan fingerprint density at radius 2 is 1.60 bits per heavy atom. The Morgan fingerprint density at radius 1 is 0.900 bits per heavy atom. The van der Waals surface area contributed by atoms with E-state index in [0.29, 0.717) is 5.52 Å². The van der Waals surface area contributed by atoms with Crippen LogP contribution in [0.15, 0.2) is 47.4 Å². The zero-order valence-electron chi connectivity index (χ0n) is 10.7. The Labute approximate surface area is 113 Å². The van der Waals surface area contributed by atoms with E-state index in [4.69, 9.17) is 0 Å². The maximum atomic E-state index is 11.8. The van der Waals surface area contributed by atoms with Crippen LogP contribution in [0.5, 0.6) is 0 Å². The average Bonchev–Trinajstić information content (AvgIpc) is 2.49. The molecule has 0 fully saturated rings. The first-order valence-corrected chi connectivity index (χ1v) is 6.26. The van der Waals surface area contributed by atoms with Gasteiger partial charge in [0.25, 0.3) is 0 Å². The lowest BCUT2D eigenvalue weighted by molar-refractivity contribution is 0.699. The fourth-order valence-electron chi connectivity index (χ4n) is 2.54. The SMILES string of the molecule is Cn1nc2c3ccccc3c3ncccc3c2nc1=O. The average molecular weight is 262 g/mol. The van der Waals surface area contributed by atoms with Gasteiger partial charge in [-0.3, -0.25) is 4.98 Å². The first-order chi connectivity index (χ1) is 9.75. The molecule has 0 saturated heterocycles. The van der Waals surface area contributed by atoms with Crippen LogP contribution in [-0.2, 0) is 7.05 Å². The second-order valence-corrected chi connectivity index (χ2v) is 4.66. The van der Waals surface area contributed by atoms with Crippen LogP contribution in [0.25, 0.3) is 32.7 Å². The number of rotatable bonds is 0. The van der Waals surface area contributed by atoms with Crippen LogP contribution in [0.1, 0.15) is 0 Å². The highest BCUT2D eigenvalue weighted by Gasteiger charge is 2.12. The van der Waals surface area contributed by atoms with Gasteiger partial charge in [-0.05, 0) is 12.1 Å². The monoisotopic (exact) mass is 262 g/mol. The third-order valence-electron chi connectivity index (χ3n) is 3.46. The Kier molecular flexibility index (Phi) is 2.12. The number of aromatic nitrogens is 4. The van der Waals surface area contributed by atoms with E-state index in [1.807, 2.05) is 36.4 Å². The summed E-state index contributed by atoms with van der Waals surface area (Å²) in [7, 11) is 1.61. The molecule has 0 N–H and O–H groups in total. The van der Waals surface area contributed by atoms with Crippen molar-refractivity contribution in [2.45, 2.75) is 0 Å². The lowest BCUT2D eigenvalue weighted by Gasteiger charge is -2.08. The van der Waals surface area contributed by atoms with Crippen molar-refractivity contribution in [2.24, 2.45) is 7.05 Å². The van der Waals surface area contributed by atoms with Crippen molar-refractivity contribution in [3.05, 3.63) is 53.1 Å². The number of hydrogen-bond acceptors (Lipinski definition) is 4. The molecular formula is C15H10N4O. The first kappa shape index (κ1) is 11.0. The largest absolute Gasteiger partial charge is 0.364 e. The van der Waals surface area contributed by atoms with Gasteiger partial charge in [0, 0.05) is 29.4 Å². The van der Waals surface area contributed by atoms with Crippen LogP contribution in [0.4, 0.5) is 0 Å². The van der Waals surface area contributed by atoms with Gasteiger partial charge in [-0.25, -0.2) is 9.48 Å². The van der Waals surface area contributed by atoms with Crippen molar-refractivity contribution >= 4 is 32.7 Å². The Balaban J connectivity index is 2.45. The number of benzene rings is 2. The molecule has 4 rings (SSSR count). The van der Waals surface area contributed by atoms with Crippen LogP contribution in [0, 0.1) is 0 Å². The van der Waals surface area contributed by atoms with E-state index in [2.05, 4.69) is 15.1 Å². The minimum atomic E-state index is -0.363. The van der Waals surface area contributed by atoms with Crippen molar-refractivity contribution in [3.63, 3.8) is 0 Å². The molecule has 20 heavy (non-hydrogen) atoms. The van der Waals surface area contributed by atoms with Gasteiger partial charge in [0.1, 0.15) is 11.0 Å². The van der Waals surface area contributed by atoms with Gasteiger partial charge in [-0.2, -0.15) is 10.1 Å². The van der Waals surface area contributed by atoms with Crippen molar-refractivity contribution in [2.75, 3.05) is 0 Å². The van der Waals surface area contributed by atoms with E-state index in [-0.39, 0.29) is 5.69 Å². The molecule has 5 heteroatoms. The van der Waals surface area contributed by atoms with Gasteiger partial charge in [0.2, 0.25) is 0 Å². The van der Waals surface area contributed by atoms with Gasteiger partial charge in [-0.15, -0.1) is 0 Å².